The SMILES string of the molecule is CCCCCCCCCCCCCC(CCCC)OC(=O)[C@H](N)CCC(=O)O. The predicted molar refractivity (Wildman–Crippen MR) is 115 cm³/mol. The Balaban J connectivity index is 3.87. The predicted octanol–water partition coefficient (Wildman–Crippen LogP) is 5.98. The van der Waals surface area contributed by atoms with E-state index < -0.39 is 18.0 Å². The van der Waals surface area contributed by atoms with Gasteiger partial charge in [0.15, 0.2) is 0 Å². The van der Waals surface area contributed by atoms with E-state index in [4.69, 9.17) is 15.6 Å². The van der Waals surface area contributed by atoms with Crippen molar-refractivity contribution in [3.63, 3.8) is 0 Å². The summed E-state index contributed by atoms with van der Waals surface area (Å²) >= 11 is 0. The summed E-state index contributed by atoms with van der Waals surface area (Å²) in [6.07, 6.45) is 18.1. The van der Waals surface area contributed by atoms with Crippen molar-refractivity contribution in [2.24, 2.45) is 5.73 Å². The molecule has 0 heterocycles. The topological polar surface area (TPSA) is 89.6 Å². The van der Waals surface area contributed by atoms with Crippen molar-refractivity contribution in [2.45, 2.75) is 135 Å². The summed E-state index contributed by atoms with van der Waals surface area (Å²) in [5.41, 5.74) is 5.77. The van der Waals surface area contributed by atoms with Crippen LogP contribution in [0.5, 0.6) is 0 Å². The largest absolute Gasteiger partial charge is 0.481 e. The number of aliphatic carboxylic acids is 1. The first kappa shape index (κ1) is 26.9. The van der Waals surface area contributed by atoms with Gasteiger partial charge < -0.3 is 15.6 Å². The molecule has 0 aromatic carbocycles. The molecule has 0 aliphatic rings. The van der Waals surface area contributed by atoms with Crippen LogP contribution in [0.15, 0.2) is 0 Å². The molecule has 0 rings (SSSR count). The lowest BCUT2D eigenvalue weighted by molar-refractivity contribution is -0.151. The molecule has 0 aromatic heterocycles. The Bertz CT molecular complexity index is 387. The van der Waals surface area contributed by atoms with Gasteiger partial charge in [0.2, 0.25) is 0 Å². The molecule has 2 atom stereocenters. The molecule has 0 fully saturated rings. The minimum atomic E-state index is -0.938. The molecular formula is C23H45NO4. The molecule has 0 aliphatic carbocycles. The minimum Gasteiger partial charge on any atom is -0.481 e. The third-order valence-electron chi connectivity index (χ3n) is 5.26. The van der Waals surface area contributed by atoms with E-state index in [9.17, 15) is 9.59 Å². The molecule has 0 radical (unpaired) electrons. The number of esters is 1. The number of carboxylic acids is 1. The first-order valence-electron chi connectivity index (χ1n) is 11.7. The molecular weight excluding hydrogens is 354 g/mol. The lowest BCUT2D eigenvalue weighted by Crippen LogP contribution is -2.35. The number of rotatable bonds is 20. The molecule has 0 bridgehead atoms. The summed E-state index contributed by atoms with van der Waals surface area (Å²) in [7, 11) is 0. The summed E-state index contributed by atoms with van der Waals surface area (Å²) in [5, 5.41) is 8.70. The number of nitrogens with two attached hydrogens (primary N) is 1. The zero-order chi connectivity index (χ0) is 21.0. The van der Waals surface area contributed by atoms with E-state index in [0.717, 1.165) is 32.1 Å². The quantitative estimate of drug-likeness (QED) is 0.194. The van der Waals surface area contributed by atoms with Crippen LogP contribution in [0.3, 0.4) is 0 Å². The maximum atomic E-state index is 12.1. The minimum absolute atomic E-state index is 0.0816. The Morgan fingerprint density at radius 2 is 1.21 bits per heavy atom. The molecule has 3 N–H and O–H groups in total. The van der Waals surface area contributed by atoms with Crippen LogP contribution >= 0.6 is 0 Å². The van der Waals surface area contributed by atoms with Crippen LogP contribution in [0.1, 0.15) is 123 Å². The normalized spacial score (nSPS) is 13.2. The van der Waals surface area contributed by atoms with E-state index in [2.05, 4.69) is 13.8 Å². The highest BCUT2D eigenvalue weighted by Gasteiger charge is 2.20. The molecule has 0 aromatic rings. The Hall–Kier alpha value is -1.10. The molecule has 5 heteroatoms. The number of carbonyl (C=O) groups is 2. The fraction of sp³-hybridized carbons (Fsp3) is 0.913. The molecule has 0 aliphatic heterocycles. The molecule has 0 amide bonds. The van der Waals surface area contributed by atoms with Crippen molar-refractivity contribution < 1.29 is 19.4 Å². The van der Waals surface area contributed by atoms with E-state index in [1.54, 1.807) is 0 Å². The first-order valence-corrected chi connectivity index (χ1v) is 11.7. The van der Waals surface area contributed by atoms with Gasteiger partial charge in [-0.2, -0.15) is 0 Å². The highest BCUT2D eigenvalue weighted by atomic mass is 16.5. The van der Waals surface area contributed by atoms with Crippen molar-refractivity contribution in [2.75, 3.05) is 0 Å². The number of carbonyl (C=O) groups excluding carboxylic acids is 1. The number of hydrogen-bond donors (Lipinski definition) is 2. The van der Waals surface area contributed by atoms with Crippen molar-refractivity contribution in [3.8, 4) is 0 Å². The Morgan fingerprint density at radius 3 is 1.71 bits per heavy atom. The Labute approximate surface area is 172 Å². The molecule has 28 heavy (non-hydrogen) atoms. The van der Waals surface area contributed by atoms with E-state index in [-0.39, 0.29) is 18.9 Å². The van der Waals surface area contributed by atoms with Gasteiger partial charge in [-0.05, 0) is 25.7 Å². The average Bonchev–Trinajstić information content (AvgIpc) is 2.67. The molecule has 0 saturated heterocycles. The second kappa shape index (κ2) is 19.2. The second-order valence-corrected chi connectivity index (χ2v) is 8.06. The van der Waals surface area contributed by atoms with E-state index in [1.807, 2.05) is 0 Å². The number of unbranched alkanes of at least 4 members (excludes halogenated alkanes) is 11. The van der Waals surface area contributed by atoms with E-state index in [1.165, 1.54) is 64.2 Å². The van der Waals surface area contributed by atoms with Gasteiger partial charge in [-0.15, -0.1) is 0 Å². The van der Waals surface area contributed by atoms with Crippen LogP contribution in [0, 0.1) is 0 Å². The lowest BCUT2D eigenvalue weighted by atomic mass is 10.0. The maximum Gasteiger partial charge on any atom is 0.323 e. The zero-order valence-corrected chi connectivity index (χ0v) is 18.4. The Morgan fingerprint density at radius 1 is 0.750 bits per heavy atom. The second-order valence-electron chi connectivity index (χ2n) is 8.06. The molecule has 5 nitrogen and oxygen atoms in total. The first-order chi connectivity index (χ1) is 13.5. The summed E-state index contributed by atoms with van der Waals surface area (Å²) in [5.74, 6) is -1.39. The van der Waals surface area contributed by atoms with Crippen LogP contribution < -0.4 is 5.73 Å². The monoisotopic (exact) mass is 399 g/mol. The van der Waals surface area contributed by atoms with Gasteiger partial charge in [0.25, 0.3) is 0 Å². The molecule has 1 unspecified atom stereocenters. The molecule has 0 saturated carbocycles. The van der Waals surface area contributed by atoms with Gasteiger partial charge in [0.05, 0.1) is 0 Å². The lowest BCUT2D eigenvalue weighted by Gasteiger charge is -2.20. The van der Waals surface area contributed by atoms with Gasteiger partial charge in [0.1, 0.15) is 12.1 Å². The highest BCUT2D eigenvalue weighted by Crippen LogP contribution is 2.17. The standard InChI is InChI=1S/C23H45NO4/c1-3-5-7-8-9-10-11-12-13-14-15-17-20(16-6-4-2)28-23(27)21(24)18-19-22(25)26/h20-21H,3-19,24H2,1-2H3,(H,25,26)/t20?,21-/m1/s1. The van der Waals surface area contributed by atoms with Gasteiger partial charge >= 0.3 is 11.9 Å². The van der Waals surface area contributed by atoms with Gasteiger partial charge in [0, 0.05) is 6.42 Å². The zero-order valence-electron chi connectivity index (χ0n) is 18.4. The third-order valence-corrected chi connectivity index (χ3v) is 5.26. The number of carboxylic acid groups (broad SMARTS) is 1. The molecule has 0 spiro atoms. The van der Waals surface area contributed by atoms with Crippen molar-refractivity contribution in [1.29, 1.82) is 0 Å². The van der Waals surface area contributed by atoms with Gasteiger partial charge in [-0.1, -0.05) is 90.9 Å². The number of hydrogen-bond acceptors (Lipinski definition) is 4. The summed E-state index contributed by atoms with van der Waals surface area (Å²) in [6, 6.07) is -0.836. The van der Waals surface area contributed by atoms with E-state index in [0.29, 0.717) is 0 Å². The fourth-order valence-corrected chi connectivity index (χ4v) is 3.38. The summed E-state index contributed by atoms with van der Waals surface area (Å²) in [6.45, 7) is 4.38. The van der Waals surface area contributed by atoms with Crippen molar-refractivity contribution in [3.05, 3.63) is 0 Å². The Kier molecular flexibility index (Phi) is 18.5. The van der Waals surface area contributed by atoms with Crippen molar-refractivity contribution in [1.82, 2.24) is 0 Å². The van der Waals surface area contributed by atoms with Gasteiger partial charge in [-0.3, -0.25) is 9.59 Å². The van der Waals surface area contributed by atoms with Crippen molar-refractivity contribution >= 4 is 11.9 Å². The number of ether oxygens (including phenoxy) is 1. The summed E-state index contributed by atoms with van der Waals surface area (Å²) < 4.78 is 5.58. The van der Waals surface area contributed by atoms with Gasteiger partial charge in [-0.25, -0.2) is 0 Å². The molecule has 166 valence electrons. The average molecular weight is 400 g/mol. The maximum absolute atomic E-state index is 12.1. The third kappa shape index (κ3) is 17.0. The highest BCUT2D eigenvalue weighted by molar-refractivity contribution is 5.76. The van der Waals surface area contributed by atoms with Crippen LogP contribution in [0.2, 0.25) is 0 Å². The van der Waals surface area contributed by atoms with Crippen LogP contribution in [0.25, 0.3) is 0 Å². The van der Waals surface area contributed by atoms with Crippen LogP contribution in [-0.4, -0.2) is 29.2 Å². The van der Waals surface area contributed by atoms with Crippen LogP contribution in [0.4, 0.5) is 0 Å². The smallest absolute Gasteiger partial charge is 0.323 e. The van der Waals surface area contributed by atoms with E-state index >= 15 is 0 Å². The summed E-state index contributed by atoms with van der Waals surface area (Å²) in [4.78, 5) is 22.7. The van der Waals surface area contributed by atoms with Crippen LogP contribution in [-0.2, 0) is 14.3 Å². The fourth-order valence-electron chi connectivity index (χ4n) is 3.38.